The van der Waals surface area contributed by atoms with Crippen LogP contribution in [-0.2, 0) is 17.8 Å². The Morgan fingerprint density at radius 3 is 3.00 bits per heavy atom. The smallest absolute Gasteiger partial charge is 0.307 e. The molecule has 1 aliphatic heterocycles. The highest BCUT2D eigenvalue weighted by molar-refractivity contribution is 5.69. The largest absolute Gasteiger partial charge is 0.493 e. The molecule has 1 atom stereocenters. The molecule has 0 amide bonds. The molecule has 4 heteroatoms. The zero-order valence-corrected chi connectivity index (χ0v) is 11.6. The molecular formula is C15H21NO3. The fourth-order valence-electron chi connectivity index (χ4n) is 2.37. The number of aliphatic carboxylic acids is 1. The fraction of sp³-hybridized carbons (Fsp3) is 0.533. The maximum Gasteiger partial charge on any atom is 0.307 e. The molecule has 104 valence electrons. The van der Waals surface area contributed by atoms with Gasteiger partial charge in [-0.25, -0.2) is 0 Å². The lowest BCUT2D eigenvalue weighted by atomic mass is 10.1. The minimum absolute atomic E-state index is 0.335. The molecule has 0 spiro atoms. The average Bonchev–Trinajstić information content (AvgIpc) is 2.85. The van der Waals surface area contributed by atoms with Crippen molar-refractivity contribution in [2.45, 2.75) is 26.8 Å². The summed E-state index contributed by atoms with van der Waals surface area (Å²) in [4.78, 5) is 13.1. The SMILES string of the molecule is CCN(Cc1ccc2c(c1)CCO2)CC(C)C(=O)O. The fourth-order valence-corrected chi connectivity index (χ4v) is 2.37. The topological polar surface area (TPSA) is 49.8 Å². The molecule has 0 aromatic heterocycles. The van der Waals surface area contributed by atoms with Crippen LogP contribution in [0.1, 0.15) is 25.0 Å². The van der Waals surface area contributed by atoms with E-state index in [9.17, 15) is 4.79 Å². The number of fused-ring (bicyclic) bond motifs is 1. The van der Waals surface area contributed by atoms with Crippen molar-refractivity contribution in [2.24, 2.45) is 5.92 Å². The number of hydrogen-bond acceptors (Lipinski definition) is 3. The zero-order chi connectivity index (χ0) is 13.8. The summed E-state index contributed by atoms with van der Waals surface area (Å²) in [7, 11) is 0. The molecule has 1 heterocycles. The Labute approximate surface area is 114 Å². The number of hydrogen-bond donors (Lipinski definition) is 1. The van der Waals surface area contributed by atoms with E-state index in [1.54, 1.807) is 6.92 Å². The number of rotatable bonds is 6. The van der Waals surface area contributed by atoms with E-state index in [1.165, 1.54) is 11.1 Å². The van der Waals surface area contributed by atoms with Gasteiger partial charge in [-0.15, -0.1) is 0 Å². The molecule has 0 saturated carbocycles. The summed E-state index contributed by atoms with van der Waals surface area (Å²) in [5, 5.41) is 8.98. The van der Waals surface area contributed by atoms with Gasteiger partial charge in [0.05, 0.1) is 12.5 Å². The highest BCUT2D eigenvalue weighted by Gasteiger charge is 2.17. The number of carbonyl (C=O) groups is 1. The Morgan fingerprint density at radius 2 is 2.32 bits per heavy atom. The molecule has 1 aromatic carbocycles. The van der Waals surface area contributed by atoms with E-state index in [2.05, 4.69) is 24.0 Å². The molecule has 0 bridgehead atoms. The van der Waals surface area contributed by atoms with Crippen LogP contribution < -0.4 is 4.74 Å². The maximum atomic E-state index is 10.9. The third-order valence-electron chi connectivity index (χ3n) is 3.56. The van der Waals surface area contributed by atoms with Gasteiger partial charge < -0.3 is 9.84 Å². The molecule has 0 aliphatic carbocycles. The summed E-state index contributed by atoms with van der Waals surface area (Å²) >= 11 is 0. The van der Waals surface area contributed by atoms with Gasteiger partial charge in [-0.05, 0) is 23.7 Å². The first-order chi connectivity index (χ1) is 9.10. The lowest BCUT2D eigenvalue weighted by molar-refractivity contribution is -0.141. The molecule has 0 saturated heterocycles. The van der Waals surface area contributed by atoms with Crippen LogP contribution in [0.2, 0.25) is 0 Å². The summed E-state index contributed by atoms with van der Waals surface area (Å²) in [6, 6.07) is 6.26. The van der Waals surface area contributed by atoms with Crippen LogP contribution in [0, 0.1) is 5.92 Å². The highest BCUT2D eigenvalue weighted by Crippen LogP contribution is 2.26. The van der Waals surface area contributed by atoms with E-state index >= 15 is 0 Å². The van der Waals surface area contributed by atoms with E-state index in [0.29, 0.717) is 6.54 Å². The number of nitrogens with zero attached hydrogens (tertiary/aromatic N) is 1. The van der Waals surface area contributed by atoms with Crippen molar-refractivity contribution < 1.29 is 14.6 Å². The minimum atomic E-state index is -0.735. The first-order valence-electron chi connectivity index (χ1n) is 6.80. The zero-order valence-electron chi connectivity index (χ0n) is 11.6. The molecule has 0 fully saturated rings. The summed E-state index contributed by atoms with van der Waals surface area (Å²) in [6.45, 7) is 6.81. The van der Waals surface area contributed by atoms with Gasteiger partial charge in [0.15, 0.2) is 0 Å². The number of ether oxygens (including phenoxy) is 1. The lowest BCUT2D eigenvalue weighted by Crippen LogP contribution is -2.31. The van der Waals surface area contributed by atoms with Crippen LogP contribution >= 0.6 is 0 Å². The normalized spacial score (nSPS) is 15.1. The van der Waals surface area contributed by atoms with Gasteiger partial charge in [0.2, 0.25) is 0 Å². The van der Waals surface area contributed by atoms with Crippen molar-refractivity contribution >= 4 is 5.97 Å². The average molecular weight is 263 g/mol. The van der Waals surface area contributed by atoms with Crippen LogP contribution in [0.4, 0.5) is 0 Å². The second-order valence-corrected chi connectivity index (χ2v) is 5.11. The van der Waals surface area contributed by atoms with E-state index in [1.807, 2.05) is 6.07 Å². The molecule has 2 rings (SSSR count). The third-order valence-corrected chi connectivity index (χ3v) is 3.56. The van der Waals surface area contributed by atoms with Crippen LogP contribution in [0.3, 0.4) is 0 Å². The molecule has 1 N–H and O–H groups in total. The lowest BCUT2D eigenvalue weighted by Gasteiger charge is -2.22. The van der Waals surface area contributed by atoms with Crippen LogP contribution in [-0.4, -0.2) is 35.7 Å². The van der Waals surface area contributed by atoms with Crippen molar-refractivity contribution in [3.63, 3.8) is 0 Å². The first-order valence-corrected chi connectivity index (χ1v) is 6.80. The van der Waals surface area contributed by atoms with Gasteiger partial charge in [-0.1, -0.05) is 26.0 Å². The van der Waals surface area contributed by atoms with Crippen molar-refractivity contribution in [1.82, 2.24) is 4.90 Å². The minimum Gasteiger partial charge on any atom is -0.493 e. The predicted octanol–water partition coefficient (Wildman–Crippen LogP) is 2.16. The van der Waals surface area contributed by atoms with Gasteiger partial charge in [0.25, 0.3) is 0 Å². The molecule has 1 aliphatic rings. The van der Waals surface area contributed by atoms with Gasteiger partial charge in [0.1, 0.15) is 5.75 Å². The predicted molar refractivity (Wildman–Crippen MR) is 73.4 cm³/mol. The van der Waals surface area contributed by atoms with E-state index in [4.69, 9.17) is 9.84 Å². The summed E-state index contributed by atoms with van der Waals surface area (Å²) in [6.07, 6.45) is 0.973. The Hall–Kier alpha value is -1.55. The van der Waals surface area contributed by atoms with Gasteiger partial charge >= 0.3 is 5.97 Å². The highest BCUT2D eigenvalue weighted by atomic mass is 16.5. The van der Waals surface area contributed by atoms with Gasteiger partial charge in [-0.3, -0.25) is 9.69 Å². The molecule has 1 aromatic rings. The van der Waals surface area contributed by atoms with E-state index in [-0.39, 0.29) is 5.92 Å². The Morgan fingerprint density at radius 1 is 1.53 bits per heavy atom. The molecule has 0 radical (unpaired) electrons. The third kappa shape index (κ3) is 3.47. The summed E-state index contributed by atoms with van der Waals surface area (Å²) < 4.78 is 5.49. The Kier molecular flexibility index (Phi) is 4.43. The molecule has 1 unspecified atom stereocenters. The standard InChI is InChI=1S/C15H21NO3/c1-3-16(9-11(2)15(17)18)10-12-4-5-14-13(8-12)6-7-19-14/h4-5,8,11H,3,6-7,9-10H2,1-2H3,(H,17,18). The molecule has 4 nitrogen and oxygen atoms in total. The quantitative estimate of drug-likeness (QED) is 0.854. The van der Waals surface area contributed by atoms with E-state index in [0.717, 1.165) is 31.9 Å². The van der Waals surface area contributed by atoms with Crippen molar-refractivity contribution in [3.8, 4) is 5.75 Å². The maximum absolute atomic E-state index is 10.9. The van der Waals surface area contributed by atoms with Crippen molar-refractivity contribution in [3.05, 3.63) is 29.3 Å². The Bertz CT molecular complexity index is 459. The summed E-state index contributed by atoms with van der Waals surface area (Å²) in [5.41, 5.74) is 2.49. The molecule has 19 heavy (non-hydrogen) atoms. The number of carboxylic acids is 1. The van der Waals surface area contributed by atoms with Gasteiger partial charge in [-0.2, -0.15) is 0 Å². The van der Waals surface area contributed by atoms with E-state index < -0.39 is 5.97 Å². The Balaban J connectivity index is 2.00. The van der Waals surface area contributed by atoms with Crippen molar-refractivity contribution in [1.29, 1.82) is 0 Å². The second kappa shape index (κ2) is 6.06. The monoisotopic (exact) mass is 263 g/mol. The molecular weight excluding hydrogens is 242 g/mol. The van der Waals surface area contributed by atoms with Crippen LogP contribution in [0.25, 0.3) is 0 Å². The second-order valence-electron chi connectivity index (χ2n) is 5.11. The summed E-state index contributed by atoms with van der Waals surface area (Å²) in [5.74, 6) is -0.0794. The number of benzene rings is 1. The first kappa shape index (κ1) is 13.9. The number of carboxylic acid groups (broad SMARTS) is 1. The van der Waals surface area contributed by atoms with Crippen LogP contribution in [0.5, 0.6) is 5.75 Å². The van der Waals surface area contributed by atoms with Crippen LogP contribution in [0.15, 0.2) is 18.2 Å². The van der Waals surface area contributed by atoms with Crippen molar-refractivity contribution in [2.75, 3.05) is 19.7 Å². The van der Waals surface area contributed by atoms with Gasteiger partial charge in [0, 0.05) is 19.5 Å².